The Balaban J connectivity index is 3.57. The maximum absolute atomic E-state index is 14.4. The van der Waals surface area contributed by atoms with Crippen LogP contribution < -0.4 is 16.0 Å². The number of ketones is 1. The van der Waals surface area contributed by atoms with Crippen molar-refractivity contribution in [1.29, 1.82) is 0 Å². The molecule has 0 aliphatic rings. The van der Waals surface area contributed by atoms with E-state index < -0.39 is 95.5 Å². The Bertz CT molecular complexity index is 1690. The molecule has 15 nitrogen and oxygen atoms in total. The molecule has 0 saturated carbocycles. The van der Waals surface area contributed by atoms with Crippen molar-refractivity contribution in [2.45, 2.75) is 161 Å². The van der Waals surface area contributed by atoms with E-state index in [-0.39, 0.29) is 42.7 Å². The number of halogens is 2. The summed E-state index contributed by atoms with van der Waals surface area (Å²) in [6, 6.07) is -1.99. The van der Waals surface area contributed by atoms with Crippen LogP contribution in [0.4, 0.5) is 4.79 Å². The summed E-state index contributed by atoms with van der Waals surface area (Å²) in [7, 11) is -2.49. The normalized spacial score (nSPS) is 14.9. The van der Waals surface area contributed by atoms with Crippen LogP contribution in [0.1, 0.15) is 131 Å². The number of alkyl carbamates (subject to hydrolysis) is 1. The molecule has 4 N–H and O–H groups in total. The van der Waals surface area contributed by atoms with E-state index >= 15 is 0 Å². The van der Waals surface area contributed by atoms with E-state index in [0.717, 1.165) is 11.3 Å². The van der Waals surface area contributed by atoms with Crippen LogP contribution in [0.25, 0.3) is 0 Å². The molecule has 0 bridgehead atoms. The zero-order valence-corrected chi connectivity index (χ0v) is 42.0. The van der Waals surface area contributed by atoms with Gasteiger partial charge in [0.25, 0.3) is 5.91 Å². The average Bonchev–Trinajstić information content (AvgIpc) is 3.58. The first-order valence-corrected chi connectivity index (χ1v) is 24.9. The van der Waals surface area contributed by atoms with Crippen LogP contribution in [0.2, 0.25) is 18.1 Å². The van der Waals surface area contributed by atoms with Crippen LogP contribution in [0.15, 0.2) is 18.0 Å². The molecule has 19 heteroatoms. The zero-order chi connectivity index (χ0) is 47.5. The lowest BCUT2D eigenvalue weighted by Gasteiger charge is -2.38. The molecule has 4 atom stereocenters. The Kier molecular flexibility index (Phi) is 20.6. The lowest BCUT2D eigenvalue weighted by molar-refractivity contribution is -0.180. The molecule has 0 aliphatic carbocycles. The lowest BCUT2D eigenvalue weighted by Crippen LogP contribution is -2.59. The van der Waals surface area contributed by atoms with E-state index in [1.165, 1.54) is 33.8 Å². The number of esters is 2. The number of hydrogen-bond acceptors (Lipinski definition) is 13. The van der Waals surface area contributed by atoms with Crippen molar-refractivity contribution >= 4 is 78.5 Å². The van der Waals surface area contributed by atoms with Crippen molar-refractivity contribution in [3.8, 4) is 0 Å². The van der Waals surface area contributed by atoms with Gasteiger partial charge in [0.1, 0.15) is 45.4 Å². The van der Waals surface area contributed by atoms with Crippen LogP contribution in [0.5, 0.6) is 0 Å². The van der Waals surface area contributed by atoms with Gasteiger partial charge < -0.3 is 39.7 Å². The maximum Gasteiger partial charge on any atom is 0.408 e. The van der Waals surface area contributed by atoms with E-state index in [0.29, 0.717) is 11.4 Å². The number of aromatic nitrogens is 1. The number of ether oxygens (including phenoxy) is 3. The first-order valence-electron chi connectivity index (χ1n) is 20.3. The van der Waals surface area contributed by atoms with E-state index in [4.69, 9.17) is 41.8 Å². The van der Waals surface area contributed by atoms with Crippen molar-refractivity contribution in [2.24, 2.45) is 17.3 Å². The van der Waals surface area contributed by atoms with Crippen LogP contribution in [0.3, 0.4) is 0 Å². The summed E-state index contributed by atoms with van der Waals surface area (Å²) in [4.78, 5) is 85.7. The third-order valence-electron chi connectivity index (χ3n) is 10.1. The van der Waals surface area contributed by atoms with Crippen LogP contribution in [0, 0.1) is 17.3 Å². The fourth-order valence-corrected chi connectivity index (χ4v) is 7.76. The maximum atomic E-state index is 14.4. The van der Waals surface area contributed by atoms with Crippen LogP contribution >= 0.6 is 34.5 Å². The number of nitrogens with one attached hydrogen (secondary N) is 3. The van der Waals surface area contributed by atoms with Gasteiger partial charge in [-0.25, -0.2) is 9.78 Å². The minimum atomic E-state index is -2.49. The molecule has 61 heavy (non-hydrogen) atoms. The molecule has 348 valence electrons. The van der Waals surface area contributed by atoms with E-state index in [2.05, 4.69) is 27.5 Å². The molecule has 0 unspecified atom stereocenters. The number of nitrogens with zero attached hydrogens (tertiary/aromatic N) is 1. The van der Waals surface area contributed by atoms with Gasteiger partial charge in [0.05, 0.1) is 18.1 Å². The highest BCUT2D eigenvalue weighted by molar-refractivity contribution is 7.10. The molecule has 1 heterocycles. The van der Waals surface area contributed by atoms with Crippen molar-refractivity contribution in [2.75, 3.05) is 19.8 Å². The molecular formula is C42H70Cl2N4O11SSi. The number of alkyl halides is 2. The first-order chi connectivity index (χ1) is 27.5. The van der Waals surface area contributed by atoms with Gasteiger partial charge in [0.15, 0.2) is 14.1 Å². The Morgan fingerprint density at radius 1 is 0.951 bits per heavy atom. The summed E-state index contributed by atoms with van der Waals surface area (Å²) < 4.78 is 21.3. The highest BCUT2D eigenvalue weighted by atomic mass is 35.5. The third kappa shape index (κ3) is 18.7. The van der Waals surface area contributed by atoms with Gasteiger partial charge in [-0.2, -0.15) is 0 Å². The van der Waals surface area contributed by atoms with Crippen molar-refractivity contribution in [1.82, 2.24) is 20.9 Å². The summed E-state index contributed by atoms with van der Waals surface area (Å²) in [5, 5.41) is 20.8. The van der Waals surface area contributed by atoms with Gasteiger partial charge in [-0.3, -0.25) is 24.0 Å². The summed E-state index contributed by atoms with van der Waals surface area (Å²) in [6.07, 6.45) is -0.484. The molecule has 0 aliphatic heterocycles. The van der Waals surface area contributed by atoms with E-state index in [1.54, 1.807) is 33.1 Å². The number of carbonyl (C=O) groups is 6. The number of hydrogen-bond donors (Lipinski definition) is 4. The van der Waals surface area contributed by atoms with Gasteiger partial charge in [-0.15, -0.1) is 34.5 Å². The van der Waals surface area contributed by atoms with Gasteiger partial charge in [-0.05, 0) is 98.7 Å². The Labute approximate surface area is 377 Å². The second kappa shape index (κ2) is 22.5. The Hall–Kier alpha value is -3.09. The molecule has 1 aromatic heterocycles. The number of Topliss-reactive ketones (excluding diaryl/α,β-unsaturated/α-hetero) is 1. The highest BCUT2D eigenvalue weighted by Gasteiger charge is 2.48. The fourth-order valence-electron chi connectivity index (χ4n) is 5.45. The molecule has 3 amide bonds. The largest absolute Gasteiger partial charge is 0.460 e. The SMILES string of the molecule is C=CCOC(=O)CNC(=O)[C@H](CO[Si](C)(C)C(C)(C)C)NC(=O)[C@@H](OC(=O)C(C)(C)[C@H](CCCC(C)(Cl)Cl)C(=O)c1csc([C@@H](NC(=O)OC(C)(C)C)C(C)C)n1)C(C)(C)O. The molecule has 0 aromatic carbocycles. The van der Waals surface area contributed by atoms with Gasteiger partial charge in [-0.1, -0.05) is 47.3 Å². The Morgan fingerprint density at radius 2 is 1.54 bits per heavy atom. The standard InChI is InChI=1S/C42H70Cl2N4O11SSi/c1-17-21-56-29(49)22-45-33(51)27(23-57-61(15,16)39(7,8)9)46-34(52)32(41(12,13)55)58-36(53)40(10,11)26(19-18-20-42(14,43)44)31(50)28-24-60-35(47-28)30(25(2)3)48-37(54)59-38(4,5)6/h17,24-27,30,32,55H,1,18-23H2,2-16H3,(H,45,51)(H,46,52)(H,48,54)/t26-,27+,30+,32-/m1/s1. The minimum Gasteiger partial charge on any atom is -0.460 e. The number of thiazole rings is 1. The second-order valence-corrected chi connectivity index (χ2v) is 26.9. The highest BCUT2D eigenvalue weighted by Crippen LogP contribution is 2.39. The van der Waals surface area contributed by atoms with Gasteiger partial charge in [0, 0.05) is 11.3 Å². The molecule has 0 saturated heterocycles. The predicted octanol–water partition coefficient (Wildman–Crippen LogP) is 7.59. The minimum absolute atomic E-state index is 0.0442. The van der Waals surface area contributed by atoms with Gasteiger partial charge >= 0.3 is 18.0 Å². The van der Waals surface area contributed by atoms with Crippen molar-refractivity contribution in [3.63, 3.8) is 0 Å². The summed E-state index contributed by atoms with van der Waals surface area (Å²) >= 11 is 13.7. The smallest absolute Gasteiger partial charge is 0.408 e. The number of amides is 3. The summed E-state index contributed by atoms with van der Waals surface area (Å²) in [5.41, 5.74) is -4.34. The van der Waals surface area contributed by atoms with E-state index in [9.17, 15) is 33.9 Å². The molecule has 0 radical (unpaired) electrons. The monoisotopic (exact) mass is 936 g/mol. The number of carbonyl (C=O) groups excluding carboxylic acids is 6. The average molecular weight is 938 g/mol. The van der Waals surface area contributed by atoms with Crippen LogP contribution in [-0.2, 0) is 37.8 Å². The second-order valence-electron chi connectivity index (χ2n) is 19.3. The summed E-state index contributed by atoms with van der Waals surface area (Å²) in [6.45, 7) is 28.6. The molecule has 1 rings (SSSR count). The Morgan fingerprint density at radius 3 is 2.03 bits per heavy atom. The molecule has 0 spiro atoms. The molecular weight excluding hydrogens is 868 g/mol. The predicted molar refractivity (Wildman–Crippen MR) is 240 cm³/mol. The topological polar surface area (TPSA) is 209 Å². The van der Waals surface area contributed by atoms with E-state index in [1.807, 2.05) is 47.7 Å². The third-order valence-corrected chi connectivity index (χ3v) is 15.9. The summed E-state index contributed by atoms with van der Waals surface area (Å²) in [5.74, 6) is -5.31. The number of aliphatic hydroxyl groups is 1. The molecule has 1 aromatic rings. The number of rotatable bonds is 23. The van der Waals surface area contributed by atoms with Crippen LogP contribution in [-0.4, -0.2) is 101 Å². The zero-order valence-electron chi connectivity index (χ0n) is 38.6. The van der Waals surface area contributed by atoms with Crippen molar-refractivity contribution in [3.05, 3.63) is 28.7 Å². The van der Waals surface area contributed by atoms with Gasteiger partial charge in [0.2, 0.25) is 12.0 Å². The van der Waals surface area contributed by atoms with Crippen molar-refractivity contribution < 1.29 is 52.5 Å². The lowest BCUT2D eigenvalue weighted by atomic mass is 9.73. The quantitative estimate of drug-likeness (QED) is 0.0209. The fraction of sp³-hybridized carbons (Fsp3) is 0.738. The molecule has 0 fully saturated rings. The first kappa shape index (κ1) is 55.9.